The number of nitrogens with one attached hydrogen (secondary N) is 1. The average Bonchev–Trinajstić information content (AvgIpc) is 3.52. The zero-order chi connectivity index (χ0) is 25.4. The number of anilines is 1. The molecule has 6 nitrogen and oxygen atoms in total. The van der Waals surface area contributed by atoms with Crippen LogP contribution in [0.5, 0.6) is 0 Å². The fraction of sp³-hybridized carbons (Fsp3) is 0.133. The van der Waals surface area contributed by atoms with Gasteiger partial charge in [0, 0.05) is 22.5 Å². The van der Waals surface area contributed by atoms with Gasteiger partial charge in [0.25, 0.3) is 0 Å². The van der Waals surface area contributed by atoms with Crippen LogP contribution in [0.2, 0.25) is 5.02 Å². The molecular formula is C30H26ClN5O. The van der Waals surface area contributed by atoms with Crippen LogP contribution in [0, 0.1) is 0 Å². The Kier molecular flexibility index (Phi) is 6.02. The molecule has 37 heavy (non-hydrogen) atoms. The van der Waals surface area contributed by atoms with Crippen LogP contribution in [-0.4, -0.2) is 25.3 Å². The Balaban J connectivity index is 1.54. The van der Waals surface area contributed by atoms with Crippen LogP contribution in [0.3, 0.4) is 0 Å². The summed E-state index contributed by atoms with van der Waals surface area (Å²) in [5.41, 5.74) is 5.71. The molecule has 0 bridgehead atoms. The number of urea groups is 1. The Hall–Kier alpha value is -4.29. The van der Waals surface area contributed by atoms with Crippen LogP contribution >= 0.6 is 11.6 Å². The highest BCUT2D eigenvalue weighted by Crippen LogP contribution is 2.39. The van der Waals surface area contributed by atoms with E-state index in [4.69, 9.17) is 16.7 Å². The molecule has 0 spiro atoms. The normalized spacial score (nSPS) is 14.5. The number of aromatic nitrogens is 3. The summed E-state index contributed by atoms with van der Waals surface area (Å²) in [4.78, 5) is 15.9. The molecule has 1 aliphatic heterocycles. The van der Waals surface area contributed by atoms with Crippen LogP contribution in [0.15, 0.2) is 103 Å². The van der Waals surface area contributed by atoms with E-state index in [1.54, 1.807) is 12.1 Å². The van der Waals surface area contributed by atoms with E-state index in [0.717, 1.165) is 40.4 Å². The first-order valence-electron chi connectivity index (χ1n) is 12.4. The molecule has 0 saturated carbocycles. The lowest BCUT2D eigenvalue weighted by Crippen LogP contribution is -2.38. The first-order valence-corrected chi connectivity index (χ1v) is 12.7. The van der Waals surface area contributed by atoms with Crippen LogP contribution in [0.4, 0.5) is 10.5 Å². The number of rotatable bonds is 4. The van der Waals surface area contributed by atoms with Gasteiger partial charge < -0.3 is 14.8 Å². The Morgan fingerprint density at radius 3 is 2.35 bits per heavy atom. The SMILES string of the molecule is CCc1nn(-c2ccccc2)c2c1CN(C(=O)Nc1ccc(Cl)cc1)[C@@H](c1ccccc1)c1cccn1-2. The molecule has 0 fully saturated rings. The smallest absolute Gasteiger partial charge is 0.308 e. The molecule has 1 N–H and O–H groups in total. The minimum atomic E-state index is -0.301. The van der Waals surface area contributed by atoms with Crippen molar-refractivity contribution in [3.8, 4) is 11.5 Å². The number of amides is 2. The monoisotopic (exact) mass is 507 g/mol. The van der Waals surface area contributed by atoms with E-state index in [1.807, 2.05) is 64.2 Å². The maximum absolute atomic E-state index is 14.0. The van der Waals surface area contributed by atoms with Gasteiger partial charge in [0.2, 0.25) is 0 Å². The second-order valence-corrected chi connectivity index (χ2v) is 9.47. The molecule has 3 heterocycles. The van der Waals surface area contributed by atoms with Gasteiger partial charge in [-0.3, -0.25) is 0 Å². The van der Waals surface area contributed by atoms with Gasteiger partial charge in [-0.1, -0.05) is 67.1 Å². The van der Waals surface area contributed by atoms with Crippen LogP contribution < -0.4 is 5.32 Å². The predicted octanol–water partition coefficient (Wildman–Crippen LogP) is 7.02. The summed E-state index contributed by atoms with van der Waals surface area (Å²) in [7, 11) is 0. The summed E-state index contributed by atoms with van der Waals surface area (Å²) in [6, 6.07) is 31.1. The van der Waals surface area contributed by atoms with E-state index in [9.17, 15) is 4.79 Å². The van der Waals surface area contributed by atoms with Crippen LogP contribution in [-0.2, 0) is 13.0 Å². The molecular weight excluding hydrogens is 482 g/mol. The summed E-state index contributed by atoms with van der Waals surface area (Å²) < 4.78 is 4.18. The van der Waals surface area contributed by atoms with Gasteiger partial charge in [-0.15, -0.1) is 0 Å². The van der Waals surface area contributed by atoms with Crippen molar-refractivity contribution in [1.29, 1.82) is 0 Å². The highest BCUT2D eigenvalue weighted by molar-refractivity contribution is 6.30. The van der Waals surface area contributed by atoms with E-state index in [1.165, 1.54) is 0 Å². The third-order valence-corrected chi connectivity index (χ3v) is 7.03. The molecule has 0 radical (unpaired) electrons. The van der Waals surface area contributed by atoms with Crippen molar-refractivity contribution in [3.63, 3.8) is 0 Å². The molecule has 184 valence electrons. The number of aryl methyl sites for hydroxylation is 1. The van der Waals surface area contributed by atoms with Crippen molar-refractivity contribution in [3.05, 3.63) is 131 Å². The number of carbonyl (C=O) groups is 1. The van der Waals surface area contributed by atoms with Crippen LogP contribution in [0.1, 0.15) is 35.5 Å². The molecule has 0 aliphatic carbocycles. The predicted molar refractivity (Wildman–Crippen MR) is 147 cm³/mol. The van der Waals surface area contributed by atoms with Gasteiger partial charge in [-0.05, 0) is 60.5 Å². The highest BCUT2D eigenvalue weighted by atomic mass is 35.5. The van der Waals surface area contributed by atoms with Crippen molar-refractivity contribution < 1.29 is 4.79 Å². The van der Waals surface area contributed by atoms with Crippen molar-refractivity contribution in [1.82, 2.24) is 19.2 Å². The van der Waals surface area contributed by atoms with Gasteiger partial charge in [0.1, 0.15) is 5.82 Å². The molecule has 0 unspecified atom stereocenters. The highest BCUT2D eigenvalue weighted by Gasteiger charge is 2.36. The summed E-state index contributed by atoms with van der Waals surface area (Å²) in [6.45, 7) is 2.51. The lowest BCUT2D eigenvalue weighted by Gasteiger charge is -2.31. The third-order valence-electron chi connectivity index (χ3n) is 6.78. The van der Waals surface area contributed by atoms with Gasteiger partial charge in [0.15, 0.2) is 0 Å². The number of fused-ring (bicyclic) bond motifs is 3. The Morgan fingerprint density at radius 1 is 0.946 bits per heavy atom. The fourth-order valence-corrected chi connectivity index (χ4v) is 5.19. The molecule has 1 atom stereocenters. The number of benzene rings is 3. The van der Waals surface area contributed by atoms with E-state index in [2.05, 4.69) is 53.3 Å². The zero-order valence-corrected chi connectivity index (χ0v) is 21.1. The van der Waals surface area contributed by atoms with Gasteiger partial charge >= 0.3 is 6.03 Å². The topological polar surface area (TPSA) is 55.1 Å². The molecule has 2 amide bonds. The molecule has 3 aromatic carbocycles. The zero-order valence-electron chi connectivity index (χ0n) is 20.4. The quantitative estimate of drug-likeness (QED) is 0.284. The molecule has 6 rings (SSSR count). The first-order chi connectivity index (χ1) is 18.1. The molecule has 7 heteroatoms. The van der Waals surface area contributed by atoms with Crippen molar-refractivity contribution in [2.24, 2.45) is 0 Å². The number of para-hydroxylation sites is 1. The maximum Gasteiger partial charge on any atom is 0.322 e. The Morgan fingerprint density at radius 2 is 1.65 bits per heavy atom. The summed E-state index contributed by atoms with van der Waals surface area (Å²) in [6.07, 6.45) is 2.81. The van der Waals surface area contributed by atoms with Gasteiger partial charge in [0.05, 0.1) is 29.7 Å². The van der Waals surface area contributed by atoms with Crippen molar-refractivity contribution >= 4 is 23.3 Å². The first kappa shape index (κ1) is 23.1. The summed E-state index contributed by atoms with van der Waals surface area (Å²) in [5.74, 6) is 0.964. The van der Waals surface area contributed by atoms with Crippen molar-refractivity contribution in [2.45, 2.75) is 25.9 Å². The Bertz CT molecular complexity index is 1540. The minimum absolute atomic E-state index is 0.189. The van der Waals surface area contributed by atoms with E-state index >= 15 is 0 Å². The largest absolute Gasteiger partial charge is 0.322 e. The lowest BCUT2D eigenvalue weighted by molar-refractivity contribution is 0.194. The molecule has 1 aliphatic rings. The standard InChI is InChI=1S/C30H26ClN5O/c1-2-26-25-20-35(30(37)32-23-17-15-22(31)16-18-23)28(21-10-5-3-6-11-21)27-14-9-19-34(27)29(25)36(33-26)24-12-7-4-8-13-24/h3-19,28H,2,20H2,1H3,(H,32,37)/t28-/m0/s1. The minimum Gasteiger partial charge on any atom is -0.308 e. The molecule has 2 aromatic heterocycles. The average molecular weight is 508 g/mol. The van der Waals surface area contributed by atoms with Crippen molar-refractivity contribution in [2.75, 3.05) is 5.32 Å². The molecule has 0 saturated heterocycles. The number of halogens is 1. The van der Waals surface area contributed by atoms with E-state index < -0.39 is 0 Å². The number of hydrogen-bond donors (Lipinski definition) is 1. The van der Waals surface area contributed by atoms with Gasteiger partial charge in [-0.2, -0.15) is 5.10 Å². The van der Waals surface area contributed by atoms with E-state index in [0.29, 0.717) is 17.3 Å². The number of nitrogens with zero attached hydrogens (tertiary/aromatic N) is 4. The maximum atomic E-state index is 14.0. The van der Waals surface area contributed by atoms with Crippen LogP contribution in [0.25, 0.3) is 11.5 Å². The van der Waals surface area contributed by atoms with Gasteiger partial charge in [-0.25, -0.2) is 9.48 Å². The second-order valence-electron chi connectivity index (χ2n) is 9.03. The van der Waals surface area contributed by atoms with E-state index in [-0.39, 0.29) is 12.1 Å². The Labute approximate surface area is 220 Å². The second kappa shape index (κ2) is 9.64. The number of carbonyl (C=O) groups excluding carboxylic acids is 1. The molecule has 5 aromatic rings. The number of hydrogen-bond acceptors (Lipinski definition) is 2. The third kappa shape index (κ3) is 4.19. The lowest BCUT2D eigenvalue weighted by atomic mass is 10.0. The summed E-state index contributed by atoms with van der Waals surface area (Å²) >= 11 is 6.07. The summed E-state index contributed by atoms with van der Waals surface area (Å²) in [5, 5.41) is 8.72. The fourth-order valence-electron chi connectivity index (χ4n) is 5.06.